The average Bonchev–Trinajstić information content (AvgIpc) is 2.98. The molecule has 29 heavy (non-hydrogen) atoms. The number of fused-ring (bicyclic) bond motifs is 1. The first-order valence-corrected chi connectivity index (χ1v) is 8.65. The lowest BCUT2D eigenvalue weighted by molar-refractivity contribution is -0.167. The Balaban J connectivity index is 2.01. The molecule has 0 spiro atoms. The van der Waals surface area contributed by atoms with Gasteiger partial charge in [0.05, 0.1) is 5.69 Å². The summed E-state index contributed by atoms with van der Waals surface area (Å²) in [6.07, 6.45) is -3.44. The highest BCUT2D eigenvalue weighted by Gasteiger charge is 2.45. The zero-order valence-corrected chi connectivity index (χ0v) is 15.7. The molecule has 1 aromatic heterocycles. The summed E-state index contributed by atoms with van der Waals surface area (Å²) in [7, 11) is 3.03. The number of amides is 1. The third kappa shape index (κ3) is 3.80. The number of allylic oxidation sites excluding steroid dienone is 1. The van der Waals surface area contributed by atoms with E-state index in [0.29, 0.717) is 0 Å². The van der Waals surface area contributed by atoms with Gasteiger partial charge in [-0.25, -0.2) is 0 Å². The van der Waals surface area contributed by atoms with Crippen LogP contribution in [0.4, 0.5) is 13.2 Å². The summed E-state index contributed by atoms with van der Waals surface area (Å²) in [6.45, 7) is 0. The van der Waals surface area contributed by atoms with Crippen LogP contribution < -0.4 is 5.73 Å². The molecular weight excluding hydrogens is 387 g/mol. The predicted molar refractivity (Wildman–Crippen MR) is 99.5 cm³/mol. The van der Waals surface area contributed by atoms with Crippen molar-refractivity contribution in [1.82, 2.24) is 9.47 Å². The van der Waals surface area contributed by atoms with E-state index in [-0.39, 0.29) is 11.3 Å². The fraction of sp³-hybridized carbons (Fsp3) is 0.250. The van der Waals surface area contributed by atoms with Crippen molar-refractivity contribution < 1.29 is 27.6 Å². The van der Waals surface area contributed by atoms with Crippen LogP contribution in [0.3, 0.4) is 0 Å². The van der Waals surface area contributed by atoms with Crippen LogP contribution in [0.1, 0.15) is 16.9 Å². The van der Waals surface area contributed by atoms with Gasteiger partial charge < -0.3 is 15.2 Å². The van der Waals surface area contributed by atoms with Crippen LogP contribution in [-0.2, 0) is 16.6 Å². The molecule has 6 nitrogen and oxygen atoms in total. The molecule has 0 saturated carbocycles. The van der Waals surface area contributed by atoms with Gasteiger partial charge in [0, 0.05) is 60.9 Å². The molecule has 3 rings (SSSR count). The summed E-state index contributed by atoms with van der Waals surface area (Å²) in [5, 5.41) is 0.787. The van der Waals surface area contributed by atoms with Crippen molar-refractivity contribution in [3.63, 3.8) is 0 Å². The second-order valence-corrected chi connectivity index (χ2v) is 6.85. The van der Waals surface area contributed by atoms with E-state index in [1.165, 1.54) is 13.2 Å². The summed E-state index contributed by atoms with van der Waals surface area (Å²) in [5.41, 5.74) is 5.44. The van der Waals surface area contributed by atoms with Crippen LogP contribution in [0.15, 0.2) is 53.9 Å². The molecule has 0 bridgehead atoms. The Morgan fingerprint density at radius 3 is 2.28 bits per heavy atom. The topological polar surface area (TPSA) is 85.4 Å². The number of ketones is 2. The lowest BCUT2D eigenvalue weighted by atomic mass is 9.82. The second kappa shape index (κ2) is 7.23. The number of halogens is 3. The predicted octanol–water partition coefficient (Wildman–Crippen LogP) is 2.70. The van der Waals surface area contributed by atoms with E-state index in [2.05, 4.69) is 0 Å². The molecule has 1 aliphatic rings. The fourth-order valence-electron chi connectivity index (χ4n) is 3.51. The second-order valence-electron chi connectivity index (χ2n) is 6.85. The Bertz CT molecular complexity index is 1080. The van der Waals surface area contributed by atoms with Crippen molar-refractivity contribution in [3.8, 4) is 0 Å². The molecule has 0 aliphatic carbocycles. The Kier molecular flexibility index (Phi) is 5.08. The number of rotatable bonds is 5. The maximum Gasteiger partial charge on any atom is 0.454 e. The molecule has 2 aromatic rings. The van der Waals surface area contributed by atoms with Crippen LogP contribution in [0.25, 0.3) is 10.9 Å². The molecular formula is C20H18F3N3O3. The molecule has 1 amide bonds. The molecule has 0 radical (unpaired) electrons. The number of aromatic nitrogens is 1. The Hall–Kier alpha value is -3.36. The highest BCUT2D eigenvalue weighted by atomic mass is 19.4. The van der Waals surface area contributed by atoms with Gasteiger partial charge in [-0.2, -0.15) is 13.2 Å². The molecule has 0 saturated heterocycles. The normalized spacial score (nSPS) is 17.1. The first-order chi connectivity index (χ1) is 13.5. The van der Waals surface area contributed by atoms with Crippen molar-refractivity contribution >= 4 is 28.4 Å². The van der Waals surface area contributed by atoms with Gasteiger partial charge in [-0.1, -0.05) is 18.2 Å². The smallest absolute Gasteiger partial charge is 0.366 e. The summed E-state index contributed by atoms with van der Waals surface area (Å²) in [4.78, 5) is 37.9. The summed E-state index contributed by atoms with van der Waals surface area (Å²) in [5.74, 6) is -4.99. The summed E-state index contributed by atoms with van der Waals surface area (Å²) >= 11 is 0. The van der Waals surface area contributed by atoms with Crippen molar-refractivity contribution in [1.29, 1.82) is 0 Å². The van der Waals surface area contributed by atoms with Gasteiger partial charge in [-0.15, -0.1) is 0 Å². The number of carbonyl (C=O) groups excluding carboxylic acids is 3. The standard InChI is InChI=1S/C20H18F3N3O3/c1-25-9-13(18(28)20(21,22)23)12(14(10-25)19(24)29)8-17(27)16-7-11-5-3-4-6-15(11)26(16)2/h3-7,9-10,12H,8H2,1-2H3,(H2,24,29). The van der Waals surface area contributed by atoms with E-state index in [1.54, 1.807) is 41.9 Å². The van der Waals surface area contributed by atoms with Crippen LogP contribution in [0, 0.1) is 5.92 Å². The minimum absolute atomic E-state index is 0.227. The van der Waals surface area contributed by atoms with Gasteiger partial charge in [-0.3, -0.25) is 14.4 Å². The summed E-state index contributed by atoms with van der Waals surface area (Å²) < 4.78 is 40.9. The molecule has 1 unspecified atom stereocenters. The monoisotopic (exact) mass is 405 g/mol. The van der Waals surface area contributed by atoms with E-state index < -0.39 is 41.6 Å². The number of hydrogen-bond acceptors (Lipinski definition) is 4. The highest BCUT2D eigenvalue weighted by molar-refractivity contribution is 6.07. The third-order valence-corrected chi connectivity index (χ3v) is 4.87. The minimum Gasteiger partial charge on any atom is -0.366 e. The molecule has 152 valence electrons. The van der Waals surface area contributed by atoms with Gasteiger partial charge in [-0.05, 0) is 12.1 Å². The SMILES string of the molecule is CN1C=C(C(N)=O)C(CC(=O)c2cc3ccccc3n2C)C(C(=O)C(F)(F)F)=C1. The van der Waals surface area contributed by atoms with Crippen molar-refractivity contribution in [2.24, 2.45) is 18.7 Å². The Labute approximate surface area is 164 Å². The largest absolute Gasteiger partial charge is 0.454 e. The van der Waals surface area contributed by atoms with Crippen molar-refractivity contribution in [3.05, 3.63) is 59.6 Å². The van der Waals surface area contributed by atoms with Gasteiger partial charge in [0.25, 0.3) is 5.78 Å². The molecule has 2 heterocycles. The number of primary amides is 1. The molecule has 2 N–H and O–H groups in total. The molecule has 1 aromatic carbocycles. The number of benzene rings is 1. The average molecular weight is 405 g/mol. The fourth-order valence-corrected chi connectivity index (χ4v) is 3.51. The number of para-hydroxylation sites is 1. The van der Waals surface area contributed by atoms with E-state index >= 15 is 0 Å². The molecule has 1 aliphatic heterocycles. The number of Topliss-reactive ketones (excluding diaryl/α,β-unsaturated/α-hetero) is 2. The highest BCUT2D eigenvalue weighted by Crippen LogP contribution is 2.35. The number of hydrogen-bond donors (Lipinski definition) is 1. The van der Waals surface area contributed by atoms with E-state index in [4.69, 9.17) is 5.73 Å². The summed E-state index contributed by atoms with van der Waals surface area (Å²) in [6, 6.07) is 8.81. The lowest BCUT2D eigenvalue weighted by Crippen LogP contribution is -2.36. The van der Waals surface area contributed by atoms with Crippen molar-refractivity contribution in [2.75, 3.05) is 7.05 Å². The lowest BCUT2D eigenvalue weighted by Gasteiger charge is -2.28. The van der Waals surface area contributed by atoms with Gasteiger partial charge >= 0.3 is 6.18 Å². The van der Waals surface area contributed by atoms with Crippen LogP contribution in [0.2, 0.25) is 0 Å². The number of aryl methyl sites for hydroxylation is 1. The zero-order chi connectivity index (χ0) is 21.5. The maximum absolute atomic E-state index is 13.1. The Morgan fingerprint density at radius 1 is 1.07 bits per heavy atom. The first-order valence-electron chi connectivity index (χ1n) is 8.65. The molecule has 0 fully saturated rings. The van der Waals surface area contributed by atoms with Crippen LogP contribution >= 0.6 is 0 Å². The molecule has 1 atom stereocenters. The third-order valence-electron chi connectivity index (χ3n) is 4.87. The number of carbonyl (C=O) groups is 3. The number of nitrogens with two attached hydrogens (primary N) is 1. The van der Waals surface area contributed by atoms with Gasteiger partial charge in [0.1, 0.15) is 0 Å². The van der Waals surface area contributed by atoms with Crippen LogP contribution in [0.5, 0.6) is 0 Å². The van der Waals surface area contributed by atoms with Crippen molar-refractivity contribution in [2.45, 2.75) is 12.6 Å². The molecule has 9 heteroatoms. The Morgan fingerprint density at radius 2 is 1.69 bits per heavy atom. The zero-order valence-electron chi connectivity index (χ0n) is 15.7. The minimum atomic E-state index is -5.15. The van der Waals surface area contributed by atoms with Gasteiger partial charge in [0.2, 0.25) is 5.91 Å². The van der Waals surface area contributed by atoms with E-state index in [0.717, 1.165) is 22.0 Å². The maximum atomic E-state index is 13.1. The quantitative estimate of drug-likeness (QED) is 0.775. The van der Waals surface area contributed by atoms with E-state index in [1.807, 2.05) is 0 Å². The van der Waals surface area contributed by atoms with Crippen LogP contribution in [-0.4, -0.2) is 40.2 Å². The number of alkyl halides is 3. The van der Waals surface area contributed by atoms with Gasteiger partial charge in [0.15, 0.2) is 5.78 Å². The van der Waals surface area contributed by atoms with E-state index in [9.17, 15) is 27.6 Å². The number of nitrogens with zero attached hydrogens (tertiary/aromatic N) is 2. The first kappa shape index (κ1) is 20.4.